The molecule has 114 valence electrons. The van der Waals surface area contributed by atoms with Crippen LogP contribution in [0.25, 0.3) is 0 Å². The molecule has 4 nitrogen and oxygen atoms in total. The van der Waals surface area contributed by atoms with Crippen molar-refractivity contribution in [3.05, 3.63) is 0 Å². The third kappa shape index (κ3) is 7.28. The second-order valence-corrected chi connectivity index (χ2v) is 7.89. The molecule has 1 unspecified atom stereocenters. The van der Waals surface area contributed by atoms with Gasteiger partial charge in [0.1, 0.15) is 0 Å². The second kappa shape index (κ2) is 8.93. The highest BCUT2D eigenvalue weighted by Crippen LogP contribution is 2.12. The van der Waals surface area contributed by atoms with E-state index >= 15 is 0 Å². The fraction of sp³-hybridized carbons (Fsp3) is 1.00. The Morgan fingerprint density at radius 1 is 1.16 bits per heavy atom. The summed E-state index contributed by atoms with van der Waals surface area (Å²) in [6, 6.07) is 0.199. The Morgan fingerprint density at radius 3 is 2.58 bits per heavy atom. The molecule has 1 atom stereocenters. The third-order valence-electron chi connectivity index (χ3n) is 3.78. The molecule has 1 saturated heterocycles. The smallest absolute Gasteiger partial charge is 0.153 e. The van der Waals surface area contributed by atoms with Crippen molar-refractivity contribution in [2.45, 2.75) is 52.0 Å². The molecule has 1 rings (SSSR count). The van der Waals surface area contributed by atoms with E-state index in [0.29, 0.717) is 11.5 Å². The Balaban J connectivity index is 2.01. The van der Waals surface area contributed by atoms with Gasteiger partial charge in [0.2, 0.25) is 0 Å². The lowest BCUT2D eigenvalue weighted by Crippen LogP contribution is -2.47. The molecule has 1 fully saturated rings. The molecule has 1 heterocycles. The minimum absolute atomic E-state index is 0.199. The van der Waals surface area contributed by atoms with Crippen LogP contribution in [0.15, 0.2) is 0 Å². The van der Waals surface area contributed by atoms with Crippen LogP contribution in [0, 0.1) is 0 Å². The molecule has 0 radical (unpaired) electrons. The fourth-order valence-corrected chi connectivity index (χ4v) is 4.21. The van der Waals surface area contributed by atoms with Crippen molar-refractivity contribution in [2.24, 2.45) is 0 Å². The van der Waals surface area contributed by atoms with Crippen molar-refractivity contribution in [1.82, 2.24) is 10.2 Å². The summed E-state index contributed by atoms with van der Waals surface area (Å²) in [6.45, 7) is 8.25. The van der Waals surface area contributed by atoms with Gasteiger partial charge in [-0.05, 0) is 45.8 Å². The predicted octanol–water partition coefficient (Wildman–Crippen LogP) is 1.67. The monoisotopic (exact) mass is 290 g/mol. The number of nitrogens with zero attached hydrogens (tertiary/aromatic N) is 1. The lowest BCUT2D eigenvalue weighted by Gasteiger charge is -2.33. The van der Waals surface area contributed by atoms with E-state index in [1.807, 2.05) is 6.92 Å². The summed E-state index contributed by atoms with van der Waals surface area (Å²) in [5.74, 6) is 0.687. The zero-order valence-corrected chi connectivity index (χ0v) is 13.3. The molecule has 0 bridgehead atoms. The van der Waals surface area contributed by atoms with Crippen LogP contribution in [0.2, 0.25) is 0 Å². The number of unbranched alkanes of at least 4 members (excludes halogenated alkanes) is 3. The van der Waals surface area contributed by atoms with E-state index in [2.05, 4.69) is 17.1 Å². The molecular weight excluding hydrogens is 260 g/mol. The number of sulfone groups is 1. The molecule has 0 aliphatic carbocycles. The first-order valence-electron chi connectivity index (χ1n) is 7.70. The number of hydrogen-bond donors (Lipinski definition) is 1. The van der Waals surface area contributed by atoms with Crippen molar-refractivity contribution in [3.8, 4) is 0 Å². The highest BCUT2D eigenvalue weighted by atomic mass is 32.2. The molecule has 0 aromatic heterocycles. The van der Waals surface area contributed by atoms with Gasteiger partial charge >= 0.3 is 0 Å². The van der Waals surface area contributed by atoms with E-state index in [9.17, 15) is 8.42 Å². The van der Waals surface area contributed by atoms with Gasteiger partial charge in [-0.25, -0.2) is 8.42 Å². The van der Waals surface area contributed by atoms with Crippen molar-refractivity contribution in [1.29, 1.82) is 0 Å². The van der Waals surface area contributed by atoms with Crippen LogP contribution in [0.3, 0.4) is 0 Å². The fourth-order valence-electron chi connectivity index (χ4n) is 2.59. The van der Waals surface area contributed by atoms with Gasteiger partial charge < -0.3 is 5.32 Å². The average molecular weight is 290 g/mol. The van der Waals surface area contributed by atoms with Gasteiger partial charge in [-0.2, -0.15) is 0 Å². The first-order chi connectivity index (χ1) is 9.05. The second-order valence-electron chi connectivity index (χ2n) is 5.66. The van der Waals surface area contributed by atoms with Crippen molar-refractivity contribution in [3.63, 3.8) is 0 Å². The predicted molar refractivity (Wildman–Crippen MR) is 81.3 cm³/mol. The van der Waals surface area contributed by atoms with Crippen LogP contribution < -0.4 is 5.32 Å². The Bertz CT molecular complexity index is 330. The lowest BCUT2D eigenvalue weighted by molar-refractivity contribution is 0.221. The maximum atomic E-state index is 11.5. The molecule has 0 spiro atoms. The quantitative estimate of drug-likeness (QED) is 0.656. The van der Waals surface area contributed by atoms with Crippen LogP contribution in [-0.4, -0.2) is 57.0 Å². The van der Waals surface area contributed by atoms with Crippen LogP contribution in [-0.2, 0) is 9.84 Å². The Hall–Kier alpha value is -0.130. The molecule has 0 aromatic carbocycles. The zero-order valence-electron chi connectivity index (χ0n) is 12.5. The summed E-state index contributed by atoms with van der Waals surface area (Å²) >= 11 is 0. The molecule has 1 aliphatic heterocycles. The Morgan fingerprint density at radius 2 is 1.89 bits per heavy atom. The van der Waals surface area contributed by atoms with Crippen molar-refractivity contribution >= 4 is 9.84 Å². The maximum Gasteiger partial charge on any atom is 0.153 e. The van der Waals surface area contributed by atoms with Gasteiger partial charge in [-0.3, -0.25) is 4.90 Å². The van der Waals surface area contributed by atoms with Crippen molar-refractivity contribution in [2.75, 3.05) is 37.7 Å². The standard InChI is InChI=1S/C14H30N2O2S/c1-3-8-15-9-6-4-5-7-10-16-11-12-19(17,18)13-14(16)2/h14-15H,3-13H2,1-2H3. The van der Waals surface area contributed by atoms with E-state index < -0.39 is 9.84 Å². The summed E-state index contributed by atoms with van der Waals surface area (Å²) in [5, 5.41) is 3.41. The largest absolute Gasteiger partial charge is 0.317 e. The van der Waals surface area contributed by atoms with Gasteiger partial charge in [0.05, 0.1) is 11.5 Å². The average Bonchev–Trinajstić information content (AvgIpc) is 2.34. The molecule has 0 amide bonds. The van der Waals surface area contributed by atoms with Gasteiger partial charge in [0, 0.05) is 12.6 Å². The van der Waals surface area contributed by atoms with Crippen molar-refractivity contribution < 1.29 is 8.42 Å². The summed E-state index contributed by atoms with van der Waals surface area (Å²) in [6.07, 6.45) is 6.18. The van der Waals surface area contributed by atoms with E-state index in [-0.39, 0.29) is 6.04 Å². The van der Waals surface area contributed by atoms with Crippen LogP contribution in [0.4, 0.5) is 0 Å². The summed E-state index contributed by atoms with van der Waals surface area (Å²) < 4.78 is 22.9. The number of hydrogen-bond acceptors (Lipinski definition) is 4. The number of nitrogens with one attached hydrogen (secondary N) is 1. The first-order valence-corrected chi connectivity index (χ1v) is 9.52. The highest BCUT2D eigenvalue weighted by molar-refractivity contribution is 7.91. The summed E-state index contributed by atoms with van der Waals surface area (Å²) in [4.78, 5) is 2.33. The molecule has 19 heavy (non-hydrogen) atoms. The Kier molecular flexibility index (Phi) is 7.95. The lowest BCUT2D eigenvalue weighted by atomic mass is 10.1. The third-order valence-corrected chi connectivity index (χ3v) is 5.58. The van der Waals surface area contributed by atoms with Gasteiger partial charge in [-0.1, -0.05) is 19.8 Å². The van der Waals surface area contributed by atoms with Crippen LogP contribution >= 0.6 is 0 Å². The number of rotatable bonds is 9. The Labute approximate surface area is 118 Å². The normalized spacial score (nSPS) is 23.6. The summed E-state index contributed by atoms with van der Waals surface area (Å²) in [5.41, 5.74) is 0. The summed E-state index contributed by atoms with van der Waals surface area (Å²) in [7, 11) is -2.76. The molecule has 0 aromatic rings. The van der Waals surface area contributed by atoms with Crippen LogP contribution in [0.1, 0.15) is 46.0 Å². The first kappa shape index (κ1) is 16.9. The minimum Gasteiger partial charge on any atom is -0.317 e. The van der Waals surface area contributed by atoms with Gasteiger partial charge in [0.25, 0.3) is 0 Å². The van der Waals surface area contributed by atoms with E-state index in [0.717, 1.165) is 26.2 Å². The minimum atomic E-state index is -2.76. The van der Waals surface area contributed by atoms with E-state index in [1.54, 1.807) is 0 Å². The molecule has 1 N–H and O–H groups in total. The van der Waals surface area contributed by atoms with E-state index in [4.69, 9.17) is 0 Å². The topological polar surface area (TPSA) is 49.4 Å². The SMILES string of the molecule is CCCNCCCCCCN1CCS(=O)(=O)CC1C. The molecule has 5 heteroatoms. The molecule has 1 aliphatic rings. The molecular formula is C14H30N2O2S. The highest BCUT2D eigenvalue weighted by Gasteiger charge is 2.27. The van der Waals surface area contributed by atoms with E-state index in [1.165, 1.54) is 32.1 Å². The molecule has 0 saturated carbocycles. The van der Waals surface area contributed by atoms with Gasteiger partial charge in [0.15, 0.2) is 9.84 Å². The zero-order chi connectivity index (χ0) is 14.1. The van der Waals surface area contributed by atoms with Gasteiger partial charge in [-0.15, -0.1) is 0 Å². The van der Waals surface area contributed by atoms with Crippen LogP contribution in [0.5, 0.6) is 0 Å². The maximum absolute atomic E-state index is 11.5.